The van der Waals surface area contributed by atoms with Crippen molar-refractivity contribution in [1.29, 1.82) is 0 Å². The number of aliphatic imine (C=N–C) groups is 2. The van der Waals surface area contributed by atoms with Gasteiger partial charge >= 0.3 is 0 Å². The standard InChI is InChI=1S/C22H27N5O3/c1-16(20(23)25-15-24-17-8-6-5-7-9-17)27-13-12-26(14-22(27,2)3)21(28)18-10-11-19(29-4)30-18/h5-11,15H,1,12-14H2,2-4H3,(H2,23,24,25). The second-order valence-electron chi connectivity index (χ2n) is 7.55. The molecule has 1 aromatic heterocycles. The average Bonchev–Trinajstić information content (AvgIpc) is 3.22. The summed E-state index contributed by atoms with van der Waals surface area (Å²) in [4.78, 5) is 25.1. The maximum absolute atomic E-state index is 12.8. The monoisotopic (exact) mass is 409 g/mol. The number of nitrogens with zero attached hydrogens (tertiary/aromatic N) is 4. The van der Waals surface area contributed by atoms with E-state index in [2.05, 4.69) is 21.5 Å². The number of ether oxygens (including phenoxy) is 1. The second kappa shape index (κ2) is 8.86. The Bertz CT molecular complexity index is 962. The van der Waals surface area contributed by atoms with Gasteiger partial charge in [0, 0.05) is 25.7 Å². The van der Waals surface area contributed by atoms with Gasteiger partial charge in [0.15, 0.2) is 5.76 Å². The highest BCUT2D eigenvalue weighted by molar-refractivity contribution is 6.00. The van der Waals surface area contributed by atoms with Crippen LogP contribution >= 0.6 is 0 Å². The smallest absolute Gasteiger partial charge is 0.289 e. The molecule has 1 saturated heterocycles. The maximum atomic E-state index is 12.8. The molecule has 1 aliphatic rings. The topological polar surface area (TPSA) is 96.7 Å². The Morgan fingerprint density at radius 1 is 1.23 bits per heavy atom. The molecule has 0 radical (unpaired) electrons. The summed E-state index contributed by atoms with van der Waals surface area (Å²) in [7, 11) is 1.50. The molecular weight excluding hydrogens is 382 g/mol. The van der Waals surface area contributed by atoms with E-state index >= 15 is 0 Å². The molecule has 0 aliphatic carbocycles. The van der Waals surface area contributed by atoms with Gasteiger partial charge in [-0.15, -0.1) is 0 Å². The lowest BCUT2D eigenvalue weighted by Crippen LogP contribution is -2.60. The number of amidine groups is 1. The number of carbonyl (C=O) groups is 1. The van der Waals surface area contributed by atoms with Crippen LogP contribution in [0.15, 0.2) is 69.1 Å². The Labute approximate surface area is 176 Å². The molecule has 1 aliphatic heterocycles. The minimum absolute atomic E-state index is 0.173. The third kappa shape index (κ3) is 4.71. The van der Waals surface area contributed by atoms with E-state index in [1.54, 1.807) is 17.0 Å². The van der Waals surface area contributed by atoms with E-state index in [-0.39, 0.29) is 11.7 Å². The predicted molar refractivity (Wildman–Crippen MR) is 117 cm³/mol. The summed E-state index contributed by atoms with van der Waals surface area (Å²) in [6, 6.07) is 12.7. The number of amides is 1. The number of methoxy groups -OCH3 is 1. The summed E-state index contributed by atoms with van der Waals surface area (Å²) in [5.74, 6) is 0.686. The molecular formula is C22H27N5O3. The van der Waals surface area contributed by atoms with Gasteiger partial charge in [0.2, 0.25) is 0 Å². The molecule has 2 heterocycles. The predicted octanol–water partition coefficient (Wildman–Crippen LogP) is 3.06. The van der Waals surface area contributed by atoms with Crippen molar-refractivity contribution < 1.29 is 13.9 Å². The van der Waals surface area contributed by atoms with Gasteiger partial charge in [-0.1, -0.05) is 24.8 Å². The highest BCUT2D eigenvalue weighted by atomic mass is 16.6. The fourth-order valence-corrected chi connectivity index (χ4v) is 3.41. The van der Waals surface area contributed by atoms with Crippen LogP contribution in [0.5, 0.6) is 5.95 Å². The van der Waals surface area contributed by atoms with Crippen molar-refractivity contribution in [2.75, 3.05) is 26.7 Å². The SMILES string of the molecule is C=C(C(N)=NC=Nc1ccccc1)N1CCN(C(=O)c2ccc(OC)o2)CC1(C)C. The van der Waals surface area contributed by atoms with Crippen LogP contribution in [-0.2, 0) is 0 Å². The minimum atomic E-state index is -0.390. The van der Waals surface area contributed by atoms with E-state index in [0.717, 1.165) is 5.69 Å². The number of para-hydroxylation sites is 1. The number of carbonyl (C=O) groups excluding carboxylic acids is 1. The molecule has 8 heteroatoms. The van der Waals surface area contributed by atoms with Crippen molar-refractivity contribution in [2.45, 2.75) is 19.4 Å². The molecule has 2 N–H and O–H groups in total. The third-order valence-electron chi connectivity index (χ3n) is 4.96. The number of furan rings is 1. The normalized spacial score (nSPS) is 16.7. The zero-order valence-electron chi connectivity index (χ0n) is 17.5. The van der Waals surface area contributed by atoms with E-state index in [4.69, 9.17) is 14.9 Å². The van der Waals surface area contributed by atoms with E-state index in [9.17, 15) is 4.79 Å². The van der Waals surface area contributed by atoms with E-state index < -0.39 is 5.54 Å². The summed E-state index contributed by atoms with van der Waals surface area (Å²) in [6.07, 6.45) is 1.42. The largest absolute Gasteiger partial charge is 0.468 e. The van der Waals surface area contributed by atoms with Crippen LogP contribution in [0.3, 0.4) is 0 Å². The lowest BCUT2D eigenvalue weighted by molar-refractivity contribution is 0.0343. The Morgan fingerprint density at radius 3 is 2.60 bits per heavy atom. The van der Waals surface area contributed by atoms with Crippen LogP contribution in [0.25, 0.3) is 0 Å². The molecule has 1 fully saturated rings. The Hall–Kier alpha value is -3.55. The Morgan fingerprint density at radius 2 is 1.97 bits per heavy atom. The summed E-state index contributed by atoms with van der Waals surface area (Å²) < 4.78 is 10.4. The van der Waals surface area contributed by atoms with Crippen molar-refractivity contribution in [3.8, 4) is 5.95 Å². The molecule has 158 valence electrons. The first-order valence-electron chi connectivity index (χ1n) is 9.63. The highest BCUT2D eigenvalue weighted by Gasteiger charge is 2.37. The number of nitrogens with two attached hydrogens (primary N) is 1. The quantitative estimate of drug-likeness (QED) is 0.584. The van der Waals surface area contributed by atoms with Crippen LogP contribution in [0.1, 0.15) is 24.4 Å². The molecule has 8 nitrogen and oxygen atoms in total. The number of rotatable bonds is 6. The lowest BCUT2D eigenvalue weighted by Gasteiger charge is -2.48. The van der Waals surface area contributed by atoms with Crippen LogP contribution in [0, 0.1) is 0 Å². The molecule has 0 bridgehead atoms. The minimum Gasteiger partial charge on any atom is -0.468 e. The van der Waals surface area contributed by atoms with Crippen molar-refractivity contribution in [2.24, 2.45) is 15.7 Å². The molecule has 2 aromatic rings. The molecule has 0 unspecified atom stereocenters. The zero-order chi connectivity index (χ0) is 21.7. The van der Waals surface area contributed by atoms with Crippen molar-refractivity contribution in [3.63, 3.8) is 0 Å². The molecule has 0 spiro atoms. The van der Waals surface area contributed by atoms with Gasteiger partial charge in [-0.3, -0.25) is 4.79 Å². The first-order chi connectivity index (χ1) is 14.3. The number of hydrogen-bond donors (Lipinski definition) is 1. The zero-order valence-corrected chi connectivity index (χ0v) is 17.5. The summed E-state index contributed by atoms with van der Waals surface area (Å²) in [5, 5.41) is 0. The molecule has 30 heavy (non-hydrogen) atoms. The fraction of sp³-hybridized carbons (Fsp3) is 0.318. The molecule has 1 amide bonds. The van der Waals surface area contributed by atoms with Crippen LogP contribution in [0.4, 0.5) is 5.69 Å². The van der Waals surface area contributed by atoms with Crippen LogP contribution < -0.4 is 10.5 Å². The Kier molecular flexibility index (Phi) is 6.25. The van der Waals surface area contributed by atoms with Crippen molar-refractivity contribution >= 4 is 23.8 Å². The molecule has 0 saturated carbocycles. The first kappa shape index (κ1) is 21.2. The summed E-state index contributed by atoms with van der Waals surface area (Å²) >= 11 is 0. The number of hydrogen-bond acceptors (Lipinski definition) is 5. The average molecular weight is 409 g/mol. The third-order valence-corrected chi connectivity index (χ3v) is 4.96. The van der Waals surface area contributed by atoms with Gasteiger partial charge in [0.05, 0.1) is 24.0 Å². The second-order valence-corrected chi connectivity index (χ2v) is 7.55. The molecule has 3 rings (SSSR count). The van der Waals surface area contributed by atoms with Gasteiger partial charge < -0.3 is 24.7 Å². The Balaban J connectivity index is 1.66. The van der Waals surface area contributed by atoms with Crippen molar-refractivity contribution in [3.05, 3.63) is 60.5 Å². The van der Waals surface area contributed by atoms with Crippen molar-refractivity contribution in [1.82, 2.24) is 9.80 Å². The maximum Gasteiger partial charge on any atom is 0.289 e. The molecule has 1 aromatic carbocycles. The van der Waals surface area contributed by atoms with Crippen LogP contribution in [-0.4, -0.2) is 60.2 Å². The van der Waals surface area contributed by atoms with Gasteiger partial charge in [0.1, 0.15) is 12.2 Å². The molecule has 0 atom stereocenters. The lowest BCUT2D eigenvalue weighted by atomic mass is 9.97. The fourth-order valence-electron chi connectivity index (χ4n) is 3.41. The van der Waals surface area contributed by atoms with Gasteiger partial charge in [-0.05, 0) is 32.0 Å². The van der Waals surface area contributed by atoms with Gasteiger partial charge in [0.25, 0.3) is 11.9 Å². The van der Waals surface area contributed by atoms with E-state index in [1.165, 1.54) is 13.4 Å². The summed E-state index contributed by atoms with van der Waals surface area (Å²) in [5.41, 5.74) is 7.15. The number of piperazine rings is 1. The van der Waals surface area contributed by atoms with E-state index in [1.807, 2.05) is 44.2 Å². The van der Waals surface area contributed by atoms with Crippen LogP contribution in [0.2, 0.25) is 0 Å². The highest BCUT2D eigenvalue weighted by Crippen LogP contribution is 2.27. The first-order valence-corrected chi connectivity index (χ1v) is 9.63. The van der Waals surface area contributed by atoms with Gasteiger partial charge in [-0.2, -0.15) is 0 Å². The summed E-state index contributed by atoms with van der Waals surface area (Å²) in [6.45, 7) is 9.74. The van der Waals surface area contributed by atoms with Gasteiger partial charge in [-0.25, -0.2) is 9.98 Å². The number of benzene rings is 1. The van der Waals surface area contributed by atoms with E-state index in [0.29, 0.717) is 37.1 Å².